The van der Waals surface area contributed by atoms with Crippen molar-refractivity contribution < 1.29 is 0 Å². The van der Waals surface area contributed by atoms with E-state index in [0.717, 1.165) is 30.8 Å². The molecule has 1 aliphatic heterocycles. The molecule has 1 saturated heterocycles. The minimum atomic E-state index is 1.01. The van der Waals surface area contributed by atoms with Crippen molar-refractivity contribution in [2.75, 3.05) is 33.2 Å². The van der Waals surface area contributed by atoms with Crippen molar-refractivity contribution in [3.8, 4) is 0 Å². The van der Waals surface area contributed by atoms with Crippen molar-refractivity contribution in [3.05, 3.63) is 11.1 Å². The molecule has 1 N–H and O–H groups in total. The number of nitrogens with zero attached hydrogens (tertiary/aromatic N) is 1. The third-order valence-electron chi connectivity index (χ3n) is 5.22. The van der Waals surface area contributed by atoms with E-state index in [9.17, 15) is 0 Å². The van der Waals surface area contributed by atoms with Crippen LogP contribution in [0, 0.1) is 17.8 Å². The average molecular weight is 234 g/mol. The van der Waals surface area contributed by atoms with Gasteiger partial charge < -0.3 is 10.2 Å². The lowest BCUT2D eigenvalue weighted by Gasteiger charge is -2.29. The molecule has 3 atom stereocenters. The second-order valence-corrected chi connectivity index (χ2v) is 6.62. The number of fused-ring (bicyclic) bond motifs is 2. The predicted molar refractivity (Wildman–Crippen MR) is 72.0 cm³/mol. The van der Waals surface area contributed by atoms with Crippen molar-refractivity contribution in [1.29, 1.82) is 0 Å². The zero-order valence-electron chi connectivity index (χ0n) is 11.3. The first-order valence-electron chi connectivity index (χ1n) is 7.29. The highest BCUT2D eigenvalue weighted by Crippen LogP contribution is 2.48. The molecule has 3 unspecified atom stereocenters. The fourth-order valence-electron chi connectivity index (χ4n) is 4.13. The number of hydrogen-bond donors (Lipinski definition) is 1. The number of hydrogen-bond acceptors (Lipinski definition) is 2. The Hall–Kier alpha value is -0.340. The van der Waals surface area contributed by atoms with Gasteiger partial charge in [-0.15, -0.1) is 0 Å². The molecular weight excluding hydrogens is 208 g/mol. The summed E-state index contributed by atoms with van der Waals surface area (Å²) in [5.74, 6) is 3.17. The SMILES string of the molecule is CC(CN(C)CC1CC2CCC1C2)=C1CNC1. The molecule has 0 aromatic carbocycles. The van der Waals surface area contributed by atoms with Crippen LogP contribution in [0.4, 0.5) is 0 Å². The molecule has 2 aliphatic carbocycles. The minimum absolute atomic E-state index is 1.01. The first kappa shape index (κ1) is 11.7. The van der Waals surface area contributed by atoms with Crippen molar-refractivity contribution in [3.63, 3.8) is 0 Å². The lowest BCUT2D eigenvalue weighted by atomic mass is 9.88. The molecule has 0 radical (unpaired) electrons. The van der Waals surface area contributed by atoms with Crippen LogP contribution in [0.3, 0.4) is 0 Å². The summed E-state index contributed by atoms with van der Waals surface area (Å²) in [4.78, 5) is 2.56. The molecule has 0 aromatic rings. The molecule has 2 bridgehead atoms. The van der Waals surface area contributed by atoms with Crippen molar-refractivity contribution in [1.82, 2.24) is 10.2 Å². The normalized spacial score (nSPS) is 35.5. The van der Waals surface area contributed by atoms with Crippen LogP contribution in [0.1, 0.15) is 32.6 Å². The predicted octanol–water partition coefficient (Wildman–Crippen LogP) is 2.27. The average Bonchev–Trinajstić information content (AvgIpc) is 2.75. The van der Waals surface area contributed by atoms with E-state index in [1.165, 1.54) is 32.4 Å². The Morgan fingerprint density at radius 2 is 2.12 bits per heavy atom. The summed E-state index contributed by atoms with van der Waals surface area (Å²) in [6.45, 7) is 7.10. The molecule has 2 saturated carbocycles. The van der Waals surface area contributed by atoms with Gasteiger partial charge >= 0.3 is 0 Å². The highest BCUT2D eigenvalue weighted by atomic mass is 15.1. The summed E-state index contributed by atoms with van der Waals surface area (Å²) in [5, 5.41) is 3.33. The standard InChI is InChI=1S/C15H26N2/c1-11(15-7-16-8-15)9-17(2)10-14-6-12-3-4-13(14)5-12/h12-14,16H,3-10H2,1-2H3. The third-order valence-corrected chi connectivity index (χ3v) is 5.22. The maximum atomic E-state index is 3.33. The summed E-state index contributed by atoms with van der Waals surface area (Å²) >= 11 is 0. The Morgan fingerprint density at radius 3 is 2.65 bits per heavy atom. The van der Waals surface area contributed by atoms with E-state index in [4.69, 9.17) is 0 Å². The second kappa shape index (κ2) is 4.74. The fourth-order valence-corrected chi connectivity index (χ4v) is 4.13. The maximum Gasteiger partial charge on any atom is 0.0190 e. The van der Waals surface area contributed by atoms with Gasteiger partial charge in [0.2, 0.25) is 0 Å². The molecule has 0 spiro atoms. The Bertz CT molecular complexity index is 315. The Kier molecular flexibility index (Phi) is 3.27. The van der Waals surface area contributed by atoms with Gasteiger partial charge in [-0.05, 0) is 56.6 Å². The van der Waals surface area contributed by atoms with Gasteiger partial charge in [-0.3, -0.25) is 0 Å². The van der Waals surface area contributed by atoms with Crippen LogP contribution >= 0.6 is 0 Å². The highest BCUT2D eigenvalue weighted by molar-refractivity contribution is 5.22. The molecule has 3 aliphatic rings. The van der Waals surface area contributed by atoms with E-state index in [2.05, 4.69) is 24.2 Å². The largest absolute Gasteiger partial charge is 0.309 e. The highest BCUT2D eigenvalue weighted by Gasteiger charge is 2.39. The molecule has 3 fully saturated rings. The quantitative estimate of drug-likeness (QED) is 0.751. The Morgan fingerprint density at radius 1 is 1.29 bits per heavy atom. The van der Waals surface area contributed by atoms with E-state index < -0.39 is 0 Å². The van der Waals surface area contributed by atoms with Gasteiger partial charge in [0.05, 0.1) is 0 Å². The van der Waals surface area contributed by atoms with E-state index >= 15 is 0 Å². The monoisotopic (exact) mass is 234 g/mol. The summed E-state index contributed by atoms with van der Waals surface area (Å²) in [6, 6.07) is 0. The summed E-state index contributed by atoms with van der Waals surface area (Å²) < 4.78 is 0. The number of nitrogens with one attached hydrogen (secondary N) is 1. The van der Waals surface area contributed by atoms with Gasteiger partial charge in [0.15, 0.2) is 0 Å². The summed E-state index contributed by atoms with van der Waals surface area (Å²) in [6.07, 6.45) is 6.11. The van der Waals surface area contributed by atoms with Crippen molar-refractivity contribution in [2.24, 2.45) is 17.8 Å². The Balaban J connectivity index is 1.48. The van der Waals surface area contributed by atoms with Gasteiger partial charge in [0.25, 0.3) is 0 Å². The first-order valence-corrected chi connectivity index (χ1v) is 7.29. The maximum absolute atomic E-state index is 3.33. The van der Waals surface area contributed by atoms with Crippen LogP contribution in [0.5, 0.6) is 0 Å². The van der Waals surface area contributed by atoms with Crippen molar-refractivity contribution in [2.45, 2.75) is 32.6 Å². The summed E-state index contributed by atoms with van der Waals surface area (Å²) in [7, 11) is 2.31. The van der Waals surface area contributed by atoms with E-state index in [0.29, 0.717) is 0 Å². The van der Waals surface area contributed by atoms with Crippen LogP contribution < -0.4 is 5.32 Å². The molecule has 2 nitrogen and oxygen atoms in total. The van der Waals surface area contributed by atoms with Gasteiger partial charge in [-0.2, -0.15) is 0 Å². The molecule has 2 heteroatoms. The van der Waals surface area contributed by atoms with Gasteiger partial charge in [-0.1, -0.05) is 12.0 Å². The zero-order chi connectivity index (χ0) is 11.8. The number of rotatable bonds is 4. The molecular formula is C15H26N2. The van der Waals surface area contributed by atoms with Crippen LogP contribution in [0.25, 0.3) is 0 Å². The van der Waals surface area contributed by atoms with Crippen LogP contribution in [-0.2, 0) is 0 Å². The van der Waals surface area contributed by atoms with Crippen LogP contribution in [0.2, 0.25) is 0 Å². The number of likely N-dealkylation sites (N-methyl/N-ethyl adjacent to an activating group) is 1. The lowest BCUT2D eigenvalue weighted by Crippen LogP contribution is -2.37. The zero-order valence-corrected chi connectivity index (χ0v) is 11.3. The lowest BCUT2D eigenvalue weighted by molar-refractivity contribution is 0.230. The molecule has 1 heterocycles. The molecule has 3 rings (SSSR count). The topological polar surface area (TPSA) is 15.3 Å². The van der Waals surface area contributed by atoms with Gasteiger partial charge in [0.1, 0.15) is 0 Å². The van der Waals surface area contributed by atoms with Gasteiger partial charge in [-0.25, -0.2) is 0 Å². The van der Waals surface area contributed by atoms with E-state index in [1.807, 2.05) is 0 Å². The Labute approximate surface area is 105 Å². The third kappa shape index (κ3) is 2.43. The minimum Gasteiger partial charge on any atom is -0.309 e. The van der Waals surface area contributed by atoms with Crippen molar-refractivity contribution >= 4 is 0 Å². The molecule has 0 aromatic heterocycles. The second-order valence-electron chi connectivity index (χ2n) is 6.62. The molecule has 0 amide bonds. The van der Waals surface area contributed by atoms with Gasteiger partial charge in [0, 0.05) is 26.2 Å². The summed E-state index contributed by atoms with van der Waals surface area (Å²) in [5.41, 5.74) is 3.25. The van der Waals surface area contributed by atoms with E-state index in [1.54, 1.807) is 17.6 Å². The molecule has 17 heavy (non-hydrogen) atoms. The fraction of sp³-hybridized carbons (Fsp3) is 0.867. The molecule has 96 valence electrons. The van der Waals surface area contributed by atoms with E-state index in [-0.39, 0.29) is 0 Å². The van der Waals surface area contributed by atoms with Crippen LogP contribution in [0.15, 0.2) is 11.1 Å². The smallest absolute Gasteiger partial charge is 0.0190 e. The van der Waals surface area contributed by atoms with Crippen LogP contribution in [-0.4, -0.2) is 38.1 Å². The first-order chi connectivity index (χ1) is 8.22.